The van der Waals surface area contributed by atoms with Crippen molar-refractivity contribution in [1.82, 2.24) is 0 Å². The second kappa shape index (κ2) is 8.06. The maximum Gasteiger partial charge on any atom is 0.414 e. The summed E-state index contributed by atoms with van der Waals surface area (Å²) in [5.74, 6) is -0.196. The van der Waals surface area contributed by atoms with Crippen LogP contribution in [-0.4, -0.2) is 38.4 Å². The average molecular weight is 375 g/mol. The van der Waals surface area contributed by atoms with Gasteiger partial charge in [-0.15, -0.1) is 0 Å². The van der Waals surface area contributed by atoms with E-state index in [4.69, 9.17) is 15.2 Å². The Kier molecular flexibility index (Phi) is 5.77. The van der Waals surface area contributed by atoms with Crippen LogP contribution in [0.4, 0.5) is 21.9 Å². The SMILES string of the molecule is COC(=O)[C@@H]1CCC[C@@H](Nc2ccc3c(c2N)CCC(C)N3C(=O)OC)C1. The summed E-state index contributed by atoms with van der Waals surface area (Å²) >= 11 is 0. The van der Waals surface area contributed by atoms with Gasteiger partial charge in [-0.2, -0.15) is 0 Å². The number of methoxy groups -OCH3 is 2. The number of hydrogen-bond acceptors (Lipinski definition) is 6. The fraction of sp³-hybridized carbons (Fsp3) is 0.600. The van der Waals surface area contributed by atoms with Crippen molar-refractivity contribution >= 4 is 29.1 Å². The second-order valence-corrected chi connectivity index (χ2v) is 7.48. The lowest BCUT2D eigenvalue weighted by Crippen LogP contribution is -2.42. The first kappa shape index (κ1) is 19.3. The van der Waals surface area contributed by atoms with Crippen LogP contribution in [0.5, 0.6) is 0 Å². The van der Waals surface area contributed by atoms with Gasteiger partial charge in [0.05, 0.1) is 37.2 Å². The minimum Gasteiger partial charge on any atom is -0.469 e. The zero-order chi connectivity index (χ0) is 19.6. The molecule has 0 aromatic heterocycles. The standard InChI is InChI=1S/C20H29N3O4/c1-12-7-8-15-17(23(12)20(25)27-3)10-9-16(18(15)21)22-14-6-4-5-13(11-14)19(24)26-2/h9-10,12-14,22H,4-8,11,21H2,1-3H3/t12?,13-,14-/m1/s1. The molecule has 3 rings (SSSR count). The minimum atomic E-state index is -0.364. The van der Waals surface area contributed by atoms with Gasteiger partial charge in [0, 0.05) is 17.6 Å². The Hall–Kier alpha value is -2.44. The van der Waals surface area contributed by atoms with E-state index in [1.165, 1.54) is 14.2 Å². The largest absolute Gasteiger partial charge is 0.469 e. The molecular formula is C20H29N3O4. The van der Waals surface area contributed by atoms with Crippen LogP contribution in [0, 0.1) is 5.92 Å². The van der Waals surface area contributed by atoms with Gasteiger partial charge < -0.3 is 20.5 Å². The van der Waals surface area contributed by atoms with Crippen molar-refractivity contribution in [2.75, 3.05) is 30.2 Å². The monoisotopic (exact) mass is 375 g/mol. The number of nitrogen functional groups attached to an aromatic ring is 1. The highest BCUT2D eigenvalue weighted by atomic mass is 16.5. The summed E-state index contributed by atoms with van der Waals surface area (Å²) in [6.45, 7) is 2.01. The lowest BCUT2D eigenvalue weighted by molar-refractivity contribution is -0.146. The van der Waals surface area contributed by atoms with Crippen molar-refractivity contribution < 1.29 is 19.1 Å². The molecule has 148 valence electrons. The van der Waals surface area contributed by atoms with E-state index in [0.717, 1.165) is 55.5 Å². The van der Waals surface area contributed by atoms with Crippen LogP contribution in [-0.2, 0) is 20.7 Å². The predicted octanol–water partition coefficient (Wildman–Crippen LogP) is 3.32. The number of rotatable bonds is 3. The van der Waals surface area contributed by atoms with E-state index in [1.807, 2.05) is 19.1 Å². The highest BCUT2D eigenvalue weighted by molar-refractivity contribution is 5.93. The normalized spacial score (nSPS) is 24.7. The summed E-state index contributed by atoms with van der Waals surface area (Å²) in [5.41, 5.74) is 9.79. The van der Waals surface area contributed by atoms with Gasteiger partial charge in [0.2, 0.25) is 0 Å². The van der Waals surface area contributed by atoms with Crippen LogP contribution in [0.3, 0.4) is 0 Å². The number of fused-ring (bicyclic) bond motifs is 1. The molecule has 1 aromatic rings. The summed E-state index contributed by atoms with van der Waals surface area (Å²) in [7, 11) is 2.83. The Bertz CT molecular complexity index is 721. The summed E-state index contributed by atoms with van der Waals surface area (Å²) in [6.07, 6.45) is 4.89. The summed E-state index contributed by atoms with van der Waals surface area (Å²) in [6, 6.07) is 4.11. The molecule has 3 atom stereocenters. The van der Waals surface area contributed by atoms with E-state index in [1.54, 1.807) is 4.90 Å². The molecule has 1 fully saturated rings. The number of nitrogens with two attached hydrogens (primary N) is 1. The first-order chi connectivity index (χ1) is 13.0. The molecule has 1 saturated carbocycles. The number of amides is 1. The van der Waals surface area contributed by atoms with Gasteiger partial charge in [-0.3, -0.25) is 9.69 Å². The van der Waals surface area contributed by atoms with E-state index in [-0.39, 0.29) is 30.1 Å². The van der Waals surface area contributed by atoms with E-state index in [0.29, 0.717) is 5.69 Å². The number of carbonyl (C=O) groups is 2. The van der Waals surface area contributed by atoms with E-state index >= 15 is 0 Å². The zero-order valence-electron chi connectivity index (χ0n) is 16.3. The molecule has 1 aromatic carbocycles. The third kappa shape index (κ3) is 3.82. The molecule has 1 amide bonds. The van der Waals surface area contributed by atoms with Gasteiger partial charge in [-0.05, 0) is 51.2 Å². The molecule has 1 aliphatic carbocycles. The minimum absolute atomic E-state index is 0.0595. The average Bonchev–Trinajstić information content (AvgIpc) is 2.69. The quantitative estimate of drug-likeness (QED) is 0.622. The Morgan fingerprint density at radius 1 is 1.19 bits per heavy atom. The van der Waals surface area contributed by atoms with Gasteiger partial charge in [-0.25, -0.2) is 4.79 Å². The summed E-state index contributed by atoms with van der Waals surface area (Å²) < 4.78 is 9.84. The van der Waals surface area contributed by atoms with Crippen molar-refractivity contribution in [2.45, 2.75) is 57.5 Å². The van der Waals surface area contributed by atoms with Crippen molar-refractivity contribution in [1.29, 1.82) is 0 Å². The molecular weight excluding hydrogens is 346 g/mol. The number of nitrogens with zero attached hydrogens (tertiary/aromatic N) is 1. The number of benzene rings is 1. The molecule has 27 heavy (non-hydrogen) atoms. The van der Waals surface area contributed by atoms with Crippen molar-refractivity contribution in [3.63, 3.8) is 0 Å². The number of hydrogen-bond donors (Lipinski definition) is 2. The van der Waals surface area contributed by atoms with Crippen LogP contribution < -0.4 is 16.0 Å². The maximum atomic E-state index is 12.2. The molecule has 1 unspecified atom stereocenters. The highest BCUT2D eigenvalue weighted by Crippen LogP contribution is 2.39. The fourth-order valence-electron chi connectivity index (χ4n) is 4.29. The van der Waals surface area contributed by atoms with Gasteiger partial charge in [0.1, 0.15) is 0 Å². The van der Waals surface area contributed by atoms with E-state index in [2.05, 4.69) is 5.32 Å². The first-order valence-electron chi connectivity index (χ1n) is 9.59. The van der Waals surface area contributed by atoms with Crippen LogP contribution in [0.25, 0.3) is 0 Å². The molecule has 3 N–H and O–H groups in total. The van der Waals surface area contributed by atoms with Gasteiger partial charge in [0.25, 0.3) is 0 Å². The molecule has 0 saturated heterocycles. The van der Waals surface area contributed by atoms with Gasteiger partial charge >= 0.3 is 12.1 Å². The first-order valence-corrected chi connectivity index (χ1v) is 9.59. The lowest BCUT2D eigenvalue weighted by atomic mass is 9.85. The zero-order valence-corrected chi connectivity index (χ0v) is 16.3. The van der Waals surface area contributed by atoms with Gasteiger partial charge in [0.15, 0.2) is 0 Å². The summed E-state index contributed by atoms with van der Waals surface area (Å²) in [4.78, 5) is 25.7. The van der Waals surface area contributed by atoms with Gasteiger partial charge in [-0.1, -0.05) is 6.42 Å². The molecule has 1 aliphatic heterocycles. The Morgan fingerprint density at radius 2 is 1.96 bits per heavy atom. The van der Waals surface area contributed by atoms with Crippen molar-refractivity contribution in [3.05, 3.63) is 17.7 Å². The topological polar surface area (TPSA) is 93.9 Å². The van der Waals surface area contributed by atoms with Crippen LogP contribution in [0.1, 0.15) is 44.6 Å². The van der Waals surface area contributed by atoms with E-state index < -0.39 is 0 Å². The maximum absolute atomic E-state index is 12.2. The van der Waals surface area contributed by atoms with Crippen LogP contribution in [0.15, 0.2) is 12.1 Å². The number of carbonyl (C=O) groups excluding carboxylic acids is 2. The highest BCUT2D eigenvalue weighted by Gasteiger charge is 2.32. The smallest absolute Gasteiger partial charge is 0.414 e. The molecule has 0 radical (unpaired) electrons. The summed E-state index contributed by atoms with van der Waals surface area (Å²) in [5, 5.41) is 3.51. The molecule has 1 heterocycles. The number of ether oxygens (including phenoxy) is 2. The Balaban J connectivity index is 1.80. The third-order valence-electron chi connectivity index (χ3n) is 5.78. The third-order valence-corrected chi connectivity index (χ3v) is 5.78. The lowest BCUT2D eigenvalue weighted by Gasteiger charge is -2.36. The second-order valence-electron chi connectivity index (χ2n) is 7.48. The van der Waals surface area contributed by atoms with Crippen LogP contribution in [0.2, 0.25) is 0 Å². The number of nitrogens with one attached hydrogen (secondary N) is 1. The molecule has 0 spiro atoms. The predicted molar refractivity (Wildman–Crippen MR) is 105 cm³/mol. The number of esters is 1. The van der Waals surface area contributed by atoms with Crippen molar-refractivity contribution in [2.24, 2.45) is 5.92 Å². The van der Waals surface area contributed by atoms with Crippen molar-refractivity contribution in [3.8, 4) is 0 Å². The molecule has 7 heteroatoms. The fourth-order valence-corrected chi connectivity index (χ4v) is 4.29. The van der Waals surface area contributed by atoms with Crippen LogP contribution >= 0.6 is 0 Å². The van der Waals surface area contributed by atoms with E-state index in [9.17, 15) is 9.59 Å². The Morgan fingerprint density at radius 3 is 2.67 bits per heavy atom. The molecule has 7 nitrogen and oxygen atoms in total. The number of anilines is 3. The molecule has 0 bridgehead atoms. The molecule has 2 aliphatic rings. The Labute approximate surface area is 160 Å².